The molecule has 0 aliphatic heterocycles. The maximum atomic E-state index is 12.8. The van der Waals surface area contributed by atoms with Gasteiger partial charge in [-0.15, -0.1) is 12.4 Å². The minimum atomic E-state index is -5.93. The highest BCUT2D eigenvalue weighted by Crippen LogP contribution is 2.49. The molecule has 0 aliphatic carbocycles. The highest BCUT2D eigenvalue weighted by atomic mass is 35.5. The summed E-state index contributed by atoms with van der Waals surface area (Å²) in [6, 6.07) is 0.624. The second kappa shape index (κ2) is 6.48. The van der Waals surface area contributed by atoms with Gasteiger partial charge in [0.05, 0.1) is 9.85 Å². The van der Waals surface area contributed by atoms with Crippen molar-refractivity contribution in [2.75, 3.05) is 5.73 Å². The molecule has 0 saturated carbocycles. The first-order valence-corrected chi connectivity index (χ1v) is 5.54. The highest BCUT2D eigenvalue weighted by molar-refractivity contribution is 8.00. The number of hydrogen-bond donors (Lipinski definition) is 1. The summed E-state index contributed by atoms with van der Waals surface area (Å²) in [6.07, 6.45) is -5.93. The van der Waals surface area contributed by atoms with Gasteiger partial charge in [0.2, 0.25) is 0 Å². The molecule has 7 nitrogen and oxygen atoms in total. The molecule has 22 heavy (non-hydrogen) atoms. The molecule has 0 aliphatic rings. The molecule has 0 aromatic heterocycles. The molecule has 124 valence electrons. The van der Waals surface area contributed by atoms with Gasteiger partial charge < -0.3 is 5.73 Å². The Morgan fingerprint density at radius 1 is 1.00 bits per heavy atom. The molecule has 0 fully saturated rings. The number of alkyl halides is 5. The molecule has 0 amide bonds. The zero-order chi connectivity index (χ0) is 16.6. The predicted octanol–water partition coefficient (Wildman–Crippen LogP) is 3.75. The zero-order valence-corrected chi connectivity index (χ0v) is 11.6. The van der Waals surface area contributed by atoms with Crippen molar-refractivity contribution in [2.24, 2.45) is 0 Å². The Morgan fingerprint density at radius 2 is 1.36 bits per heavy atom. The first-order chi connectivity index (χ1) is 9.36. The van der Waals surface area contributed by atoms with Crippen LogP contribution in [0, 0.1) is 20.2 Å². The molecule has 1 aromatic rings. The summed E-state index contributed by atoms with van der Waals surface area (Å²) in [7, 11) is 0. The smallest absolute Gasteiger partial charge is 0.387 e. The van der Waals surface area contributed by atoms with Crippen molar-refractivity contribution in [3.63, 3.8) is 0 Å². The van der Waals surface area contributed by atoms with E-state index in [1.165, 1.54) is 0 Å². The fourth-order valence-electron chi connectivity index (χ4n) is 1.16. The lowest BCUT2D eigenvalue weighted by atomic mass is 10.2. The molecule has 0 bridgehead atoms. The lowest BCUT2D eigenvalue weighted by Gasteiger charge is -2.18. The van der Waals surface area contributed by atoms with Crippen LogP contribution >= 0.6 is 24.2 Å². The number of nitrogens with two attached hydrogens (primary N) is 1. The number of benzene rings is 1. The Balaban J connectivity index is 0.00000441. The molecule has 0 saturated heterocycles. The Kier molecular flexibility index (Phi) is 5.92. The maximum Gasteiger partial charge on any atom is 0.464 e. The molecule has 0 atom stereocenters. The second-order valence-corrected chi connectivity index (χ2v) is 4.69. The van der Waals surface area contributed by atoms with Crippen molar-refractivity contribution in [1.29, 1.82) is 0 Å². The molecular weight excluding hydrogens is 365 g/mol. The van der Waals surface area contributed by atoms with E-state index in [-0.39, 0.29) is 12.4 Å². The first-order valence-electron chi connectivity index (χ1n) is 4.72. The summed E-state index contributed by atoms with van der Waals surface area (Å²) < 4.78 is 61.9. The first kappa shape index (κ1) is 20.1. The molecule has 1 rings (SSSR count). The SMILES string of the molecule is Cl.Nc1c([N+](=O)[O-])cc(SC(F)(F)C(F)(F)F)cc1[N+](=O)[O-]. The Labute approximate surface area is 128 Å². The molecule has 0 unspecified atom stereocenters. The topological polar surface area (TPSA) is 112 Å². The number of nitro benzene ring substituents is 2. The van der Waals surface area contributed by atoms with Crippen LogP contribution in [0.5, 0.6) is 0 Å². The monoisotopic (exact) mass is 369 g/mol. The van der Waals surface area contributed by atoms with Gasteiger partial charge in [-0.05, 0) is 11.8 Å². The lowest BCUT2D eigenvalue weighted by Crippen LogP contribution is -2.32. The quantitative estimate of drug-likeness (QED) is 0.284. The van der Waals surface area contributed by atoms with Crippen LogP contribution in [0.15, 0.2) is 17.0 Å². The molecule has 14 heteroatoms. The largest absolute Gasteiger partial charge is 0.464 e. The van der Waals surface area contributed by atoms with E-state index >= 15 is 0 Å². The van der Waals surface area contributed by atoms with Gasteiger partial charge in [-0.3, -0.25) is 20.2 Å². The number of nitrogen functional groups attached to an aromatic ring is 1. The van der Waals surface area contributed by atoms with E-state index in [4.69, 9.17) is 5.73 Å². The van der Waals surface area contributed by atoms with Gasteiger partial charge in [0, 0.05) is 17.0 Å². The van der Waals surface area contributed by atoms with E-state index in [0.29, 0.717) is 12.1 Å². The number of rotatable bonds is 4. The van der Waals surface area contributed by atoms with E-state index in [2.05, 4.69) is 0 Å². The van der Waals surface area contributed by atoms with Crippen molar-refractivity contribution in [3.05, 3.63) is 32.4 Å². The summed E-state index contributed by atoms with van der Waals surface area (Å²) >= 11 is -1.10. The molecular formula is C8H5ClF5N3O4S. The minimum Gasteiger partial charge on any atom is -0.387 e. The van der Waals surface area contributed by atoms with Crippen LogP contribution < -0.4 is 5.73 Å². The van der Waals surface area contributed by atoms with Crippen LogP contribution in [-0.4, -0.2) is 21.3 Å². The number of thioether (sulfide) groups is 1. The predicted molar refractivity (Wildman–Crippen MR) is 68.3 cm³/mol. The minimum absolute atomic E-state index is 0. The number of anilines is 1. The van der Waals surface area contributed by atoms with Gasteiger partial charge in [-0.1, -0.05) is 0 Å². The third-order valence-electron chi connectivity index (χ3n) is 2.08. The summed E-state index contributed by atoms with van der Waals surface area (Å²) in [5.74, 6) is 0. The average Bonchev–Trinajstić information content (AvgIpc) is 2.28. The van der Waals surface area contributed by atoms with Gasteiger partial charge in [0.25, 0.3) is 11.4 Å². The summed E-state index contributed by atoms with van der Waals surface area (Å²) in [5.41, 5.74) is 1.89. The van der Waals surface area contributed by atoms with Crippen LogP contribution in [0.1, 0.15) is 0 Å². The number of halogens is 6. The average molecular weight is 370 g/mol. The summed E-state index contributed by atoms with van der Waals surface area (Å²) in [6.45, 7) is 0. The highest BCUT2D eigenvalue weighted by Gasteiger charge is 2.58. The molecule has 1 aromatic carbocycles. The standard InChI is InChI=1S/C8H4F5N3O4S.ClH/c9-7(10,11)8(12,13)21-3-1-4(15(17)18)6(14)5(2-3)16(19)20;/h1-2H,14H2;1H. The fraction of sp³-hybridized carbons (Fsp3) is 0.250. The molecule has 0 radical (unpaired) electrons. The van der Waals surface area contributed by atoms with E-state index in [1.807, 2.05) is 0 Å². The third kappa shape index (κ3) is 4.07. The van der Waals surface area contributed by atoms with Gasteiger partial charge in [-0.2, -0.15) is 22.0 Å². The summed E-state index contributed by atoms with van der Waals surface area (Å²) in [4.78, 5) is 17.7. The normalized spacial score (nSPS) is 11.7. The third-order valence-corrected chi connectivity index (χ3v) is 3.04. The van der Waals surface area contributed by atoms with Gasteiger partial charge in [0.1, 0.15) is 0 Å². The zero-order valence-electron chi connectivity index (χ0n) is 9.97. The second-order valence-electron chi connectivity index (χ2n) is 3.51. The van der Waals surface area contributed by atoms with Crippen LogP contribution in [0.4, 0.5) is 39.0 Å². The van der Waals surface area contributed by atoms with E-state index < -0.39 is 55.0 Å². The summed E-state index contributed by atoms with van der Waals surface area (Å²) in [5, 5.41) is 15.9. The lowest BCUT2D eigenvalue weighted by molar-refractivity contribution is -0.392. The van der Waals surface area contributed by atoms with Crippen LogP contribution in [-0.2, 0) is 0 Å². The number of nitrogens with zero attached hydrogens (tertiary/aromatic N) is 2. The Morgan fingerprint density at radius 3 is 1.64 bits per heavy atom. The van der Waals surface area contributed by atoms with Crippen LogP contribution in [0.2, 0.25) is 0 Å². The van der Waals surface area contributed by atoms with Gasteiger partial charge in [-0.25, -0.2) is 0 Å². The van der Waals surface area contributed by atoms with Crippen molar-refractivity contribution >= 4 is 41.2 Å². The van der Waals surface area contributed by atoms with E-state index in [0.717, 1.165) is 0 Å². The van der Waals surface area contributed by atoms with Crippen molar-refractivity contribution < 1.29 is 31.8 Å². The molecule has 0 spiro atoms. The van der Waals surface area contributed by atoms with Crippen molar-refractivity contribution in [3.8, 4) is 0 Å². The van der Waals surface area contributed by atoms with Crippen LogP contribution in [0.3, 0.4) is 0 Å². The fourth-order valence-corrected chi connectivity index (χ4v) is 1.92. The Bertz CT molecular complexity index is 577. The maximum absolute atomic E-state index is 12.8. The number of nitro groups is 2. The van der Waals surface area contributed by atoms with Crippen LogP contribution in [0.25, 0.3) is 0 Å². The molecule has 0 heterocycles. The number of hydrogen-bond acceptors (Lipinski definition) is 6. The Hall–Kier alpha value is -1.89. The van der Waals surface area contributed by atoms with E-state index in [9.17, 15) is 42.2 Å². The van der Waals surface area contributed by atoms with Crippen molar-refractivity contribution in [2.45, 2.75) is 16.3 Å². The van der Waals surface area contributed by atoms with Gasteiger partial charge in [0.15, 0.2) is 5.69 Å². The van der Waals surface area contributed by atoms with E-state index in [1.54, 1.807) is 0 Å². The molecule has 2 N–H and O–H groups in total. The van der Waals surface area contributed by atoms with Crippen molar-refractivity contribution in [1.82, 2.24) is 0 Å². The van der Waals surface area contributed by atoms with Gasteiger partial charge >= 0.3 is 11.4 Å².